The Kier molecular flexibility index (Phi) is 7.27. The molecule has 1 aliphatic carbocycles. The summed E-state index contributed by atoms with van der Waals surface area (Å²) in [5, 5.41) is 10.3. The van der Waals surface area contributed by atoms with Gasteiger partial charge in [0.15, 0.2) is 5.82 Å². The van der Waals surface area contributed by atoms with Crippen LogP contribution in [0, 0.1) is 12.8 Å². The fraction of sp³-hybridized carbons (Fsp3) is 0.609. The third kappa shape index (κ3) is 6.54. The van der Waals surface area contributed by atoms with Gasteiger partial charge in [-0.2, -0.15) is 18.2 Å². The number of carbonyl (C=O) groups is 1. The summed E-state index contributed by atoms with van der Waals surface area (Å²) in [6, 6.07) is 3.77. The van der Waals surface area contributed by atoms with E-state index >= 15 is 0 Å². The zero-order chi connectivity index (χ0) is 23.5. The lowest BCUT2D eigenvalue weighted by molar-refractivity contribution is -0.137. The van der Waals surface area contributed by atoms with Crippen LogP contribution in [0.25, 0.3) is 0 Å². The number of alkyl halides is 3. The quantitative estimate of drug-likeness (QED) is 0.660. The van der Waals surface area contributed by atoms with Gasteiger partial charge in [0, 0.05) is 23.6 Å². The van der Waals surface area contributed by atoms with Gasteiger partial charge < -0.3 is 15.2 Å². The van der Waals surface area contributed by atoms with Crippen LogP contribution in [0.4, 0.5) is 13.2 Å². The molecule has 1 aromatic heterocycles. The van der Waals surface area contributed by atoms with Gasteiger partial charge in [0.05, 0.1) is 12.1 Å². The van der Waals surface area contributed by atoms with Crippen LogP contribution >= 0.6 is 0 Å². The molecule has 1 heterocycles. The molecule has 0 radical (unpaired) electrons. The topological polar surface area (TPSA) is 80.0 Å². The van der Waals surface area contributed by atoms with E-state index < -0.39 is 17.6 Å². The lowest BCUT2D eigenvalue weighted by Gasteiger charge is -2.29. The molecule has 0 unspecified atom stereocenters. The molecular formula is C23H31F3N4O2. The van der Waals surface area contributed by atoms with Crippen molar-refractivity contribution in [2.45, 2.75) is 77.6 Å². The van der Waals surface area contributed by atoms with Crippen LogP contribution in [0.1, 0.15) is 79.7 Å². The van der Waals surface area contributed by atoms with Crippen molar-refractivity contribution >= 4 is 5.91 Å². The molecule has 1 amide bonds. The largest absolute Gasteiger partial charge is 0.416 e. The molecule has 6 nitrogen and oxygen atoms in total. The predicted molar refractivity (Wildman–Crippen MR) is 114 cm³/mol. The zero-order valence-corrected chi connectivity index (χ0v) is 19.0. The van der Waals surface area contributed by atoms with Gasteiger partial charge in [-0.1, -0.05) is 25.9 Å². The Bertz CT molecular complexity index is 926. The lowest BCUT2D eigenvalue weighted by Crippen LogP contribution is -2.37. The van der Waals surface area contributed by atoms with E-state index in [1.165, 1.54) is 6.07 Å². The predicted octanol–water partition coefficient (Wildman–Crippen LogP) is 4.77. The molecule has 9 heteroatoms. The van der Waals surface area contributed by atoms with Crippen LogP contribution in [-0.4, -0.2) is 28.6 Å². The van der Waals surface area contributed by atoms with Gasteiger partial charge in [0.2, 0.25) is 5.89 Å². The standard InChI is InChI=1S/C23H31F3N4O2/c1-14-9-16(11-17(10-14)23(24,25)26)20(31)28-12-15-5-7-18(8-6-15)27-13-19-29-21(32-30-19)22(2,3)4/h9-11,15,18,27H,5-8,12-13H2,1-4H3,(H,28,31). The molecule has 0 saturated heterocycles. The summed E-state index contributed by atoms with van der Waals surface area (Å²) in [6.45, 7) is 8.61. The van der Waals surface area contributed by atoms with E-state index in [2.05, 4.69) is 20.8 Å². The molecule has 0 aliphatic heterocycles. The first-order valence-corrected chi connectivity index (χ1v) is 11.0. The van der Waals surface area contributed by atoms with Gasteiger partial charge in [-0.25, -0.2) is 0 Å². The SMILES string of the molecule is Cc1cc(C(=O)NCC2CCC(NCc3noc(C(C)(C)C)n3)CC2)cc(C(F)(F)F)c1. The Morgan fingerprint density at radius 2 is 1.81 bits per heavy atom. The number of hydrogen-bond acceptors (Lipinski definition) is 5. The van der Waals surface area contributed by atoms with Crippen molar-refractivity contribution in [1.29, 1.82) is 0 Å². The minimum absolute atomic E-state index is 0.0439. The Morgan fingerprint density at radius 3 is 2.41 bits per heavy atom. The minimum Gasteiger partial charge on any atom is -0.352 e. The number of hydrogen-bond donors (Lipinski definition) is 2. The third-order valence-corrected chi connectivity index (χ3v) is 5.72. The lowest BCUT2D eigenvalue weighted by atomic mass is 9.86. The van der Waals surface area contributed by atoms with Gasteiger partial charge in [0.1, 0.15) is 0 Å². The number of nitrogens with one attached hydrogen (secondary N) is 2. The van der Waals surface area contributed by atoms with Crippen LogP contribution in [0.2, 0.25) is 0 Å². The number of aromatic nitrogens is 2. The zero-order valence-electron chi connectivity index (χ0n) is 19.0. The normalized spacial score (nSPS) is 19.7. The number of carbonyl (C=O) groups excluding carboxylic acids is 1. The Balaban J connectivity index is 1.43. The number of nitrogens with zero attached hydrogens (tertiary/aromatic N) is 2. The first kappa shape index (κ1) is 24.2. The summed E-state index contributed by atoms with van der Waals surface area (Å²) >= 11 is 0. The van der Waals surface area contributed by atoms with Crippen molar-refractivity contribution in [1.82, 2.24) is 20.8 Å². The highest BCUT2D eigenvalue weighted by Gasteiger charge is 2.31. The summed E-state index contributed by atoms with van der Waals surface area (Å²) in [7, 11) is 0. The first-order valence-electron chi connectivity index (χ1n) is 11.0. The molecule has 2 N–H and O–H groups in total. The fourth-order valence-corrected chi connectivity index (χ4v) is 3.85. The number of amides is 1. The Morgan fingerprint density at radius 1 is 1.12 bits per heavy atom. The summed E-state index contributed by atoms with van der Waals surface area (Å²) in [5.41, 5.74) is -0.527. The second-order valence-electron chi connectivity index (χ2n) is 9.66. The van der Waals surface area contributed by atoms with Gasteiger partial charge in [-0.3, -0.25) is 4.79 Å². The van der Waals surface area contributed by atoms with E-state index in [1.807, 2.05) is 20.8 Å². The summed E-state index contributed by atoms with van der Waals surface area (Å²) in [6.07, 6.45) is -0.708. The van der Waals surface area contributed by atoms with Gasteiger partial charge in [-0.15, -0.1) is 0 Å². The molecule has 1 saturated carbocycles. The van der Waals surface area contributed by atoms with Crippen LogP contribution < -0.4 is 10.6 Å². The van der Waals surface area contributed by atoms with Crippen LogP contribution in [0.3, 0.4) is 0 Å². The van der Waals surface area contributed by atoms with Gasteiger partial charge >= 0.3 is 6.18 Å². The first-order chi connectivity index (χ1) is 14.9. The highest BCUT2D eigenvalue weighted by atomic mass is 19.4. The second kappa shape index (κ2) is 9.60. The molecule has 0 bridgehead atoms. The van der Waals surface area contributed by atoms with Crippen LogP contribution in [0.15, 0.2) is 22.7 Å². The van der Waals surface area contributed by atoms with E-state index in [4.69, 9.17) is 4.52 Å². The fourth-order valence-electron chi connectivity index (χ4n) is 3.85. The molecule has 3 rings (SSSR count). The average molecular weight is 453 g/mol. The Hall–Kier alpha value is -2.42. The van der Waals surface area contributed by atoms with Crippen molar-refractivity contribution in [3.05, 3.63) is 46.6 Å². The molecule has 2 aromatic rings. The number of halogens is 3. The molecule has 1 aromatic carbocycles. The van der Waals surface area contributed by atoms with Crippen LogP contribution in [0.5, 0.6) is 0 Å². The molecule has 0 atom stereocenters. The van der Waals surface area contributed by atoms with Gasteiger partial charge in [0.25, 0.3) is 5.91 Å². The van der Waals surface area contributed by atoms with Crippen molar-refractivity contribution in [2.75, 3.05) is 6.54 Å². The van der Waals surface area contributed by atoms with Crippen molar-refractivity contribution in [3.8, 4) is 0 Å². The van der Waals surface area contributed by atoms with Crippen LogP contribution in [-0.2, 0) is 18.1 Å². The summed E-state index contributed by atoms with van der Waals surface area (Å²) in [4.78, 5) is 16.8. The minimum atomic E-state index is -4.47. The molecule has 0 spiro atoms. The van der Waals surface area contributed by atoms with E-state index in [9.17, 15) is 18.0 Å². The molecular weight excluding hydrogens is 421 g/mol. The summed E-state index contributed by atoms with van der Waals surface area (Å²) in [5.74, 6) is 1.10. The molecule has 1 aliphatic rings. The highest BCUT2D eigenvalue weighted by Crippen LogP contribution is 2.31. The smallest absolute Gasteiger partial charge is 0.352 e. The molecule has 176 valence electrons. The summed E-state index contributed by atoms with van der Waals surface area (Å²) < 4.78 is 44.3. The Labute approximate surface area is 186 Å². The van der Waals surface area contributed by atoms with Crippen molar-refractivity contribution in [2.24, 2.45) is 5.92 Å². The van der Waals surface area contributed by atoms with Crippen molar-refractivity contribution < 1.29 is 22.5 Å². The third-order valence-electron chi connectivity index (χ3n) is 5.72. The maximum Gasteiger partial charge on any atom is 0.416 e. The number of rotatable bonds is 6. The molecule has 1 fully saturated rings. The number of benzene rings is 1. The van der Waals surface area contributed by atoms with E-state index in [0.717, 1.165) is 37.8 Å². The van der Waals surface area contributed by atoms with E-state index in [1.54, 1.807) is 6.92 Å². The van der Waals surface area contributed by atoms with E-state index in [0.29, 0.717) is 42.3 Å². The number of aryl methyl sites for hydroxylation is 1. The molecule has 32 heavy (non-hydrogen) atoms. The van der Waals surface area contributed by atoms with E-state index in [-0.39, 0.29) is 11.0 Å². The maximum absolute atomic E-state index is 13.0. The van der Waals surface area contributed by atoms with Crippen molar-refractivity contribution in [3.63, 3.8) is 0 Å². The maximum atomic E-state index is 13.0. The van der Waals surface area contributed by atoms with Gasteiger partial charge in [-0.05, 0) is 62.3 Å². The monoisotopic (exact) mass is 452 g/mol. The highest BCUT2D eigenvalue weighted by molar-refractivity contribution is 5.94. The second-order valence-corrected chi connectivity index (χ2v) is 9.66. The average Bonchev–Trinajstić information content (AvgIpc) is 3.20.